The first-order chi connectivity index (χ1) is 13.4. The van der Waals surface area contributed by atoms with E-state index in [4.69, 9.17) is 4.74 Å². The molecule has 6 heteroatoms. The fourth-order valence-electron chi connectivity index (χ4n) is 4.97. The smallest absolute Gasteiger partial charge is 0.410 e. The first-order valence-electron chi connectivity index (χ1n) is 11.6. The SMILES string of the molecule is CC(C)(C)OC(=O)N1CCCN(C2CNCCC2CN2CCCCCC2)CC1. The summed E-state index contributed by atoms with van der Waals surface area (Å²) in [6.45, 7) is 15.5. The normalized spacial score (nSPS) is 29.2. The van der Waals surface area contributed by atoms with E-state index in [-0.39, 0.29) is 6.09 Å². The van der Waals surface area contributed by atoms with Gasteiger partial charge in [0.05, 0.1) is 0 Å². The molecule has 3 rings (SSSR count). The van der Waals surface area contributed by atoms with Gasteiger partial charge < -0.3 is 19.9 Å². The lowest BCUT2D eigenvalue weighted by molar-refractivity contribution is 0.0248. The van der Waals surface area contributed by atoms with E-state index in [9.17, 15) is 4.79 Å². The summed E-state index contributed by atoms with van der Waals surface area (Å²) in [6.07, 6.45) is 7.68. The Labute approximate surface area is 171 Å². The third-order valence-electron chi connectivity index (χ3n) is 6.43. The van der Waals surface area contributed by atoms with Crippen LogP contribution in [-0.2, 0) is 4.74 Å². The van der Waals surface area contributed by atoms with Crippen LogP contribution < -0.4 is 5.32 Å². The van der Waals surface area contributed by atoms with Crippen LogP contribution in [-0.4, -0.2) is 91.3 Å². The molecule has 0 spiro atoms. The van der Waals surface area contributed by atoms with Gasteiger partial charge in [-0.3, -0.25) is 4.90 Å². The summed E-state index contributed by atoms with van der Waals surface area (Å²) >= 11 is 0. The quantitative estimate of drug-likeness (QED) is 0.798. The summed E-state index contributed by atoms with van der Waals surface area (Å²) in [7, 11) is 0. The number of nitrogens with zero attached hydrogens (tertiary/aromatic N) is 3. The van der Waals surface area contributed by atoms with Gasteiger partial charge in [0.25, 0.3) is 0 Å². The van der Waals surface area contributed by atoms with Gasteiger partial charge in [-0.1, -0.05) is 12.8 Å². The summed E-state index contributed by atoms with van der Waals surface area (Å²) in [5, 5.41) is 3.63. The van der Waals surface area contributed by atoms with Crippen molar-refractivity contribution in [2.45, 2.75) is 70.9 Å². The van der Waals surface area contributed by atoms with E-state index >= 15 is 0 Å². The highest BCUT2D eigenvalue weighted by molar-refractivity contribution is 5.68. The Hall–Kier alpha value is -0.850. The maximum absolute atomic E-state index is 12.5. The molecule has 1 amide bonds. The summed E-state index contributed by atoms with van der Waals surface area (Å²) in [4.78, 5) is 19.8. The number of ether oxygens (including phenoxy) is 1. The van der Waals surface area contributed by atoms with E-state index in [0.717, 1.165) is 51.6 Å². The minimum atomic E-state index is -0.422. The van der Waals surface area contributed by atoms with Gasteiger partial charge >= 0.3 is 6.09 Å². The van der Waals surface area contributed by atoms with E-state index in [1.54, 1.807) is 0 Å². The molecule has 0 aromatic heterocycles. The van der Waals surface area contributed by atoms with E-state index in [1.807, 2.05) is 25.7 Å². The van der Waals surface area contributed by atoms with E-state index in [0.29, 0.717) is 6.04 Å². The fraction of sp³-hybridized carbons (Fsp3) is 0.955. The van der Waals surface area contributed by atoms with Crippen molar-refractivity contribution in [2.75, 3.05) is 58.9 Å². The van der Waals surface area contributed by atoms with Gasteiger partial charge in [-0.05, 0) is 72.0 Å². The number of nitrogens with one attached hydrogen (secondary N) is 1. The zero-order valence-electron chi connectivity index (χ0n) is 18.4. The van der Waals surface area contributed by atoms with Crippen LogP contribution in [0.15, 0.2) is 0 Å². The molecule has 3 aliphatic heterocycles. The van der Waals surface area contributed by atoms with Crippen LogP contribution in [0.1, 0.15) is 59.3 Å². The van der Waals surface area contributed by atoms with Crippen molar-refractivity contribution >= 4 is 6.09 Å². The number of hydrogen-bond donors (Lipinski definition) is 1. The van der Waals surface area contributed by atoms with Crippen molar-refractivity contribution in [2.24, 2.45) is 5.92 Å². The van der Waals surface area contributed by atoms with Crippen molar-refractivity contribution < 1.29 is 9.53 Å². The number of rotatable bonds is 3. The largest absolute Gasteiger partial charge is 0.444 e. The van der Waals surface area contributed by atoms with E-state index in [2.05, 4.69) is 15.1 Å². The van der Waals surface area contributed by atoms with Gasteiger partial charge in [-0.2, -0.15) is 0 Å². The molecule has 0 radical (unpaired) electrons. The summed E-state index contributed by atoms with van der Waals surface area (Å²) in [5.41, 5.74) is -0.422. The van der Waals surface area contributed by atoms with E-state index < -0.39 is 5.60 Å². The predicted octanol–water partition coefficient (Wildman–Crippen LogP) is 2.78. The molecule has 162 valence electrons. The lowest BCUT2D eigenvalue weighted by Crippen LogP contribution is -2.55. The third-order valence-corrected chi connectivity index (χ3v) is 6.43. The van der Waals surface area contributed by atoms with E-state index in [1.165, 1.54) is 51.7 Å². The molecule has 0 aromatic carbocycles. The minimum Gasteiger partial charge on any atom is -0.444 e. The Morgan fingerprint density at radius 1 is 0.964 bits per heavy atom. The topological polar surface area (TPSA) is 48.1 Å². The Morgan fingerprint density at radius 2 is 1.71 bits per heavy atom. The second kappa shape index (κ2) is 10.3. The molecule has 1 N–H and O–H groups in total. The van der Waals surface area contributed by atoms with Crippen molar-refractivity contribution in [3.63, 3.8) is 0 Å². The summed E-state index contributed by atoms with van der Waals surface area (Å²) in [5.74, 6) is 0.743. The van der Waals surface area contributed by atoms with Crippen molar-refractivity contribution in [3.8, 4) is 0 Å². The Kier molecular flexibility index (Phi) is 8.01. The number of carbonyl (C=O) groups excluding carboxylic acids is 1. The molecule has 0 bridgehead atoms. The number of carbonyl (C=O) groups is 1. The van der Waals surface area contributed by atoms with Gasteiger partial charge in [0.1, 0.15) is 5.60 Å². The highest BCUT2D eigenvalue weighted by Gasteiger charge is 2.33. The molecule has 3 fully saturated rings. The van der Waals surface area contributed by atoms with Crippen LogP contribution in [0.5, 0.6) is 0 Å². The highest BCUT2D eigenvalue weighted by atomic mass is 16.6. The predicted molar refractivity (Wildman–Crippen MR) is 114 cm³/mol. The van der Waals surface area contributed by atoms with Crippen LogP contribution in [0.3, 0.4) is 0 Å². The number of likely N-dealkylation sites (tertiary alicyclic amines) is 1. The molecule has 0 saturated carbocycles. The molecule has 2 unspecified atom stereocenters. The van der Waals surface area contributed by atoms with Crippen LogP contribution >= 0.6 is 0 Å². The molecule has 6 nitrogen and oxygen atoms in total. The van der Waals surface area contributed by atoms with Crippen molar-refractivity contribution in [1.29, 1.82) is 0 Å². The molecule has 3 aliphatic rings. The van der Waals surface area contributed by atoms with Gasteiger partial charge in [0.15, 0.2) is 0 Å². The maximum atomic E-state index is 12.5. The molecule has 28 heavy (non-hydrogen) atoms. The number of hydrogen-bond acceptors (Lipinski definition) is 5. The van der Waals surface area contributed by atoms with Gasteiger partial charge in [0, 0.05) is 45.3 Å². The average Bonchev–Trinajstić information content (AvgIpc) is 3.04. The lowest BCUT2D eigenvalue weighted by atomic mass is 9.90. The van der Waals surface area contributed by atoms with Crippen molar-refractivity contribution in [3.05, 3.63) is 0 Å². The average molecular weight is 395 g/mol. The van der Waals surface area contributed by atoms with Gasteiger partial charge in [-0.25, -0.2) is 4.79 Å². The van der Waals surface area contributed by atoms with Crippen LogP contribution in [0.2, 0.25) is 0 Å². The zero-order valence-corrected chi connectivity index (χ0v) is 18.4. The minimum absolute atomic E-state index is 0.155. The lowest BCUT2D eigenvalue weighted by Gasteiger charge is -2.42. The monoisotopic (exact) mass is 394 g/mol. The molecule has 0 aromatic rings. The summed E-state index contributed by atoms with van der Waals surface area (Å²) in [6, 6.07) is 0.593. The molecule has 2 atom stereocenters. The third kappa shape index (κ3) is 6.60. The number of piperidine rings is 1. The maximum Gasteiger partial charge on any atom is 0.410 e. The van der Waals surface area contributed by atoms with Crippen LogP contribution in [0, 0.1) is 5.92 Å². The van der Waals surface area contributed by atoms with Crippen LogP contribution in [0.4, 0.5) is 4.79 Å². The Morgan fingerprint density at radius 3 is 2.43 bits per heavy atom. The first kappa shape index (κ1) is 21.8. The second-order valence-electron chi connectivity index (χ2n) is 9.89. The van der Waals surface area contributed by atoms with Gasteiger partial charge in [-0.15, -0.1) is 0 Å². The zero-order chi connectivity index (χ0) is 20.0. The fourth-order valence-corrected chi connectivity index (χ4v) is 4.97. The van der Waals surface area contributed by atoms with Crippen molar-refractivity contribution in [1.82, 2.24) is 20.0 Å². The van der Waals surface area contributed by atoms with Gasteiger partial charge in [0.2, 0.25) is 0 Å². The second-order valence-corrected chi connectivity index (χ2v) is 9.89. The first-order valence-corrected chi connectivity index (χ1v) is 11.6. The van der Waals surface area contributed by atoms with Crippen LogP contribution in [0.25, 0.3) is 0 Å². The molecular weight excluding hydrogens is 352 g/mol. The number of amides is 1. The molecule has 3 saturated heterocycles. The molecular formula is C22H42N4O2. The Bertz CT molecular complexity index is 485. The summed E-state index contributed by atoms with van der Waals surface area (Å²) < 4.78 is 5.60. The Balaban J connectivity index is 1.55. The molecule has 3 heterocycles. The molecule has 0 aliphatic carbocycles. The highest BCUT2D eigenvalue weighted by Crippen LogP contribution is 2.23. The standard InChI is InChI=1S/C22H42N4O2/c1-22(2,3)28-21(27)26-14-8-13-25(15-16-26)20-17-23-10-9-19(20)18-24-11-6-4-5-7-12-24/h19-20,23H,4-18H2,1-3H3.